The maximum atomic E-state index is 13.6. The molecule has 0 saturated carbocycles. The Kier molecular flexibility index (Phi) is 4.72. The molecule has 0 spiro atoms. The molecule has 2 N–H and O–H groups in total. The lowest BCUT2D eigenvalue weighted by Crippen LogP contribution is -2.44. The first-order valence-electron chi connectivity index (χ1n) is 6.59. The van der Waals surface area contributed by atoms with Gasteiger partial charge in [0.2, 0.25) is 10.0 Å². The van der Waals surface area contributed by atoms with Crippen LogP contribution in [0.1, 0.15) is 19.8 Å². The maximum absolute atomic E-state index is 13.6. The molecule has 0 radical (unpaired) electrons. The largest absolute Gasteiger partial charge is 0.316 e. The van der Waals surface area contributed by atoms with Gasteiger partial charge in [0.1, 0.15) is 11.6 Å². The fourth-order valence-corrected chi connectivity index (χ4v) is 3.89. The van der Waals surface area contributed by atoms with Crippen molar-refractivity contribution in [2.45, 2.75) is 30.7 Å². The average Bonchev–Trinajstić information content (AvgIpc) is 2.38. The third-order valence-electron chi connectivity index (χ3n) is 3.57. The summed E-state index contributed by atoms with van der Waals surface area (Å²) in [5.41, 5.74) is 0. The van der Waals surface area contributed by atoms with Gasteiger partial charge < -0.3 is 5.32 Å². The van der Waals surface area contributed by atoms with Gasteiger partial charge in [-0.2, -0.15) is 0 Å². The van der Waals surface area contributed by atoms with Crippen molar-refractivity contribution in [1.29, 1.82) is 0 Å². The molecule has 1 aromatic rings. The SMILES string of the molecule is CC(NS(=O)(=O)c1c(F)cccc1F)C1CCCNC1. The van der Waals surface area contributed by atoms with Gasteiger partial charge in [-0.15, -0.1) is 0 Å². The smallest absolute Gasteiger partial charge is 0.246 e. The minimum atomic E-state index is -4.20. The molecule has 7 heteroatoms. The van der Waals surface area contributed by atoms with E-state index < -0.39 is 26.6 Å². The lowest BCUT2D eigenvalue weighted by atomic mass is 9.94. The summed E-state index contributed by atoms with van der Waals surface area (Å²) in [4.78, 5) is -0.907. The molecule has 1 saturated heterocycles. The third-order valence-corrected chi connectivity index (χ3v) is 5.18. The number of halogens is 2. The zero-order valence-electron chi connectivity index (χ0n) is 11.2. The zero-order valence-corrected chi connectivity index (χ0v) is 12.0. The Hall–Kier alpha value is -1.05. The Morgan fingerprint density at radius 2 is 2.00 bits per heavy atom. The number of hydrogen-bond acceptors (Lipinski definition) is 3. The van der Waals surface area contributed by atoms with Crippen LogP contribution in [0.15, 0.2) is 23.1 Å². The highest BCUT2D eigenvalue weighted by atomic mass is 32.2. The van der Waals surface area contributed by atoms with Gasteiger partial charge in [-0.1, -0.05) is 6.07 Å². The zero-order chi connectivity index (χ0) is 14.8. The number of hydrogen-bond donors (Lipinski definition) is 2. The first kappa shape index (κ1) is 15.3. The minimum absolute atomic E-state index is 0.119. The summed E-state index contributed by atoms with van der Waals surface area (Å²) >= 11 is 0. The Balaban J connectivity index is 2.18. The minimum Gasteiger partial charge on any atom is -0.316 e. The molecule has 1 aromatic carbocycles. The molecule has 0 aromatic heterocycles. The quantitative estimate of drug-likeness (QED) is 0.889. The highest BCUT2D eigenvalue weighted by Gasteiger charge is 2.29. The van der Waals surface area contributed by atoms with Crippen molar-refractivity contribution < 1.29 is 17.2 Å². The molecule has 0 amide bonds. The van der Waals surface area contributed by atoms with Crippen molar-refractivity contribution in [2.24, 2.45) is 5.92 Å². The van der Waals surface area contributed by atoms with E-state index in [0.29, 0.717) is 6.54 Å². The van der Waals surface area contributed by atoms with Crippen LogP contribution in [0.5, 0.6) is 0 Å². The van der Waals surface area contributed by atoms with E-state index in [9.17, 15) is 17.2 Å². The fraction of sp³-hybridized carbons (Fsp3) is 0.538. The van der Waals surface area contributed by atoms with E-state index in [1.54, 1.807) is 6.92 Å². The highest BCUT2D eigenvalue weighted by molar-refractivity contribution is 7.89. The van der Waals surface area contributed by atoms with Crippen molar-refractivity contribution in [2.75, 3.05) is 13.1 Å². The van der Waals surface area contributed by atoms with Crippen LogP contribution in [0.2, 0.25) is 0 Å². The molecule has 20 heavy (non-hydrogen) atoms. The topological polar surface area (TPSA) is 58.2 Å². The molecule has 0 bridgehead atoms. The first-order chi connectivity index (χ1) is 9.42. The fourth-order valence-electron chi connectivity index (χ4n) is 2.44. The van der Waals surface area contributed by atoms with E-state index in [-0.39, 0.29) is 12.0 Å². The monoisotopic (exact) mass is 304 g/mol. The van der Waals surface area contributed by atoms with Crippen LogP contribution in [0.25, 0.3) is 0 Å². The molecule has 2 atom stereocenters. The summed E-state index contributed by atoms with van der Waals surface area (Å²) in [5.74, 6) is -2.04. The van der Waals surface area contributed by atoms with Crippen molar-refractivity contribution >= 4 is 10.0 Å². The molecule has 4 nitrogen and oxygen atoms in total. The molecule has 112 valence electrons. The second-order valence-electron chi connectivity index (χ2n) is 5.07. The standard InChI is InChI=1S/C13H18F2N2O2S/c1-9(10-4-3-7-16-8-10)17-20(18,19)13-11(14)5-2-6-12(13)15/h2,5-6,9-10,16-17H,3-4,7-8H2,1H3. The normalized spacial score (nSPS) is 21.6. The van der Waals surface area contributed by atoms with Gasteiger partial charge in [0, 0.05) is 6.04 Å². The molecule has 1 aliphatic heterocycles. The summed E-state index contributed by atoms with van der Waals surface area (Å²) in [6.45, 7) is 3.33. The van der Waals surface area contributed by atoms with E-state index in [1.165, 1.54) is 0 Å². The van der Waals surface area contributed by atoms with E-state index in [2.05, 4.69) is 10.0 Å². The second kappa shape index (κ2) is 6.15. The van der Waals surface area contributed by atoms with Crippen molar-refractivity contribution in [1.82, 2.24) is 10.0 Å². The molecule has 2 unspecified atom stereocenters. The Bertz CT molecular complexity index is 551. The van der Waals surface area contributed by atoms with Gasteiger partial charge in [-0.25, -0.2) is 21.9 Å². The lowest BCUT2D eigenvalue weighted by molar-refractivity contribution is 0.320. The predicted octanol–water partition coefficient (Wildman–Crippen LogP) is 1.63. The molecular formula is C13H18F2N2O2S. The van der Waals surface area contributed by atoms with Crippen molar-refractivity contribution in [3.05, 3.63) is 29.8 Å². The Morgan fingerprint density at radius 3 is 2.55 bits per heavy atom. The van der Waals surface area contributed by atoms with Gasteiger partial charge in [0.25, 0.3) is 0 Å². The van der Waals surface area contributed by atoms with Gasteiger partial charge >= 0.3 is 0 Å². The van der Waals surface area contributed by atoms with E-state index in [4.69, 9.17) is 0 Å². The van der Waals surface area contributed by atoms with Crippen LogP contribution < -0.4 is 10.0 Å². The average molecular weight is 304 g/mol. The number of sulfonamides is 1. The molecule has 1 heterocycles. The Morgan fingerprint density at radius 1 is 1.35 bits per heavy atom. The summed E-state index contributed by atoms with van der Waals surface area (Å²) in [7, 11) is -4.20. The van der Waals surface area contributed by atoms with Gasteiger partial charge in [0.15, 0.2) is 4.90 Å². The number of benzene rings is 1. The predicted molar refractivity (Wildman–Crippen MR) is 71.7 cm³/mol. The third kappa shape index (κ3) is 3.34. The van der Waals surface area contributed by atoms with Crippen LogP contribution in [-0.4, -0.2) is 27.5 Å². The Labute approximate surface area is 117 Å². The summed E-state index contributed by atoms with van der Waals surface area (Å²) in [5, 5.41) is 3.18. The van der Waals surface area contributed by atoms with Gasteiger partial charge in [-0.3, -0.25) is 0 Å². The summed E-state index contributed by atoms with van der Waals surface area (Å²) in [6, 6.07) is 2.62. The van der Waals surface area contributed by atoms with Crippen LogP contribution >= 0.6 is 0 Å². The summed E-state index contributed by atoms with van der Waals surface area (Å²) < 4.78 is 53.7. The molecule has 2 rings (SSSR count). The molecule has 1 aliphatic rings. The highest BCUT2D eigenvalue weighted by Crippen LogP contribution is 2.21. The summed E-state index contributed by atoms with van der Waals surface area (Å²) in [6.07, 6.45) is 1.85. The van der Waals surface area contributed by atoms with Crippen molar-refractivity contribution in [3.63, 3.8) is 0 Å². The molecule has 0 aliphatic carbocycles. The number of nitrogens with one attached hydrogen (secondary N) is 2. The van der Waals surface area contributed by atoms with Gasteiger partial charge in [0.05, 0.1) is 0 Å². The van der Waals surface area contributed by atoms with Crippen LogP contribution in [0.4, 0.5) is 8.78 Å². The van der Waals surface area contributed by atoms with E-state index in [1.807, 2.05) is 0 Å². The van der Waals surface area contributed by atoms with E-state index in [0.717, 1.165) is 37.6 Å². The number of rotatable bonds is 4. The van der Waals surface area contributed by atoms with Gasteiger partial charge in [-0.05, 0) is 50.9 Å². The molecule has 1 fully saturated rings. The van der Waals surface area contributed by atoms with Crippen molar-refractivity contribution in [3.8, 4) is 0 Å². The lowest BCUT2D eigenvalue weighted by Gasteiger charge is -2.28. The maximum Gasteiger partial charge on any atom is 0.246 e. The van der Waals surface area contributed by atoms with Crippen LogP contribution in [0, 0.1) is 17.6 Å². The number of piperidine rings is 1. The second-order valence-corrected chi connectivity index (χ2v) is 6.72. The van der Waals surface area contributed by atoms with Crippen LogP contribution in [0.3, 0.4) is 0 Å². The molecular weight excluding hydrogens is 286 g/mol. The van der Waals surface area contributed by atoms with E-state index >= 15 is 0 Å². The first-order valence-corrected chi connectivity index (χ1v) is 8.07. The van der Waals surface area contributed by atoms with Crippen LogP contribution in [-0.2, 0) is 10.0 Å².